The van der Waals surface area contributed by atoms with Crippen LogP contribution in [-0.2, 0) is 6.42 Å². The molecule has 0 aliphatic rings. The smallest absolute Gasteiger partial charge is 0.255 e. The first-order chi connectivity index (χ1) is 14.4. The van der Waals surface area contributed by atoms with Crippen LogP contribution in [0.5, 0.6) is 5.75 Å². The van der Waals surface area contributed by atoms with Crippen molar-refractivity contribution in [2.24, 2.45) is 5.92 Å². The summed E-state index contributed by atoms with van der Waals surface area (Å²) in [4.78, 5) is 21.1. The van der Waals surface area contributed by atoms with Crippen LogP contribution >= 0.6 is 0 Å². The van der Waals surface area contributed by atoms with Crippen LogP contribution in [0.4, 0.5) is 17.2 Å². The molecule has 30 heavy (non-hydrogen) atoms. The van der Waals surface area contributed by atoms with E-state index in [-0.39, 0.29) is 5.91 Å². The van der Waals surface area contributed by atoms with E-state index in [9.17, 15) is 4.79 Å². The fraction of sp³-hybridized carbons (Fsp3) is 0.292. The number of anilines is 3. The number of carbonyl (C=O) groups is 1. The molecule has 6 nitrogen and oxygen atoms in total. The van der Waals surface area contributed by atoms with Gasteiger partial charge in [0.1, 0.15) is 17.9 Å². The third-order valence-corrected chi connectivity index (χ3v) is 4.52. The topological polar surface area (TPSA) is 76.1 Å². The molecule has 3 rings (SSSR count). The molecule has 156 valence electrons. The molecule has 0 saturated carbocycles. The maximum Gasteiger partial charge on any atom is 0.255 e. The van der Waals surface area contributed by atoms with Crippen LogP contribution in [0.1, 0.15) is 42.4 Å². The first-order valence-corrected chi connectivity index (χ1v) is 10.2. The van der Waals surface area contributed by atoms with Crippen molar-refractivity contribution in [2.45, 2.75) is 34.1 Å². The summed E-state index contributed by atoms with van der Waals surface area (Å²) in [6.07, 6.45) is 2.33. The van der Waals surface area contributed by atoms with Crippen molar-refractivity contribution in [3.63, 3.8) is 0 Å². The first kappa shape index (κ1) is 21.3. The van der Waals surface area contributed by atoms with Gasteiger partial charge in [-0.2, -0.15) is 0 Å². The van der Waals surface area contributed by atoms with Crippen LogP contribution in [0.2, 0.25) is 0 Å². The fourth-order valence-electron chi connectivity index (χ4n) is 2.91. The van der Waals surface area contributed by atoms with E-state index in [2.05, 4.69) is 41.4 Å². The van der Waals surface area contributed by atoms with E-state index >= 15 is 0 Å². The van der Waals surface area contributed by atoms with Crippen molar-refractivity contribution < 1.29 is 9.53 Å². The van der Waals surface area contributed by atoms with Crippen molar-refractivity contribution >= 4 is 23.1 Å². The zero-order valence-corrected chi connectivity index (χ0v) is 17.9. The lowest BCUT2D eigenvalue weighted by molar-refractivity contribution is 0.102. The number of nitrogens with zero attached hydrogens (tertiary/aromatic N) is 2. The van der Waals surface area contributed by atoms with E-state index in [0.717, 1.165) is 34.8 Å². The van der Waals surface area contributed by atoms with Crippen molar-refractivity contribution in [1.82, 2.24) is 9.97 Å². The lowest BCUT2D eigenvalue weighted by atomic mass is 10.1. The molecule has 3 aromatic rings. The number of benzene rings is 2. The maximum atomic E-state index is 12.8. The van der Waals surface area contributed by atoms with Crippen molar-refractivity contribution in [1.29, 1.82) is 0 Å². The Bertz CT molecular complexity index is 1000. The normalized spacial score (nSPS) is 10.7. The molecule has 1 heterocycles. The summed E-state index contributed by atoms with van der Waals surface area (Å²) in [7, 11) is 0. The molecule has 2 N–H and O–H groups in total. The SMILES string of the molecule is CCc1ccc(Nc2cc(C)ncn2)cc1NC(=O)c1ccc(OCC(C)C)cc1. The van der Waals surface area contributed by atoms with E-state index in [4.69, 9.17) is 4.74 Å². The second-order valence-corrected chi connectivity index (χ2v) is 7.58. The second kappa shape index (κ2) is 9.87. The maximum absolute atomic E-state index is 12.8. The third-order valence-electron chi connectivity index (χ3n) is 4.52. The molecular formula is C24H28N4O2. The number of rotatable bonds is 8. The largest absolute Gasteiger partial charge is 0.493 e. The molecule has 0 spiro atoms. The molecule has 6 heteroatoms. The number of hydrogen-bond donors (Lipinski definition) is 2. The molecule has 0 bridgehead atoms. The summed E-state index contributed by atoms with van der Waals surface area (Å²) in [5.74, 6) is 1.77. The Morgan fingerprint density at radius 2 is 1.83 bits per heavy atom. The highest BCUT2D eigenvalue weighted by atomic mass is 16.5. The van der Waals surface area contributed by atoms with E-state index in [0.29, 0.717) is 23.9 Å². The van der Waals surface area contributed by atoms with Crippen LogP contribution in [0, 0.1) is 12.8 Å². The lowest BCUT2D eigenvalue weighted by Crippen LogP contribution is -2.13. The predicted octanol–water partition coefficient (Wildman–Crippen LogP) is 5.38. The Morgan fingerprint density at radius 1 is 1.07 bits per heavy atom. The highest BCUT2D eigenvalue weighted by molar-refractivity contribution is 6.05. The highest BCUT2D eigenvalue weighted by Crippen LogP contribution is 2.25. The Hall–Kier alpha value is -3.41. The van der Waals surface area contributed by atoms with Gasteiger partial charge in [-0.15, -0.1) is 0 Å². The third kappa shape index (κ3) is 5.80. The standard InChI is InChI=1S/C24H28N4O2/c1-5-18-6-9-20(27-23-12-17(4)25-15-26-23)13-22(18)28-24(29)19-7-10-21(11-8-19)30-14-16(2)3/h6-13,15-16H,5,14H2,1-4H3,(H,28,29)(H,25,26,27). The lowest BCUT2D eigenvalue weighted by Gasteiger charge is -2.14. The van der Waals surface area contributed by atoms with Gasteiger partial charge < -0.3 is 15.4 Å². The van der Waals surface area contributed by atoms with Crippen LogP contribution in [0.3, 0.4) is 0 Å². The Morgan fingerprint density at radius 3 is 2.50 bits per heavy atom. The van der Waals surface area contributed by atoms with Gasteiger partial charge in [0.2, 0.25) is 0 Å². The minimum Gasteiger partial charge on any atom is -0.493 e. The van der Waals surface area contributed by atoms with Gasteiger partial charge in [0.15, 0.2) is 0 Å². The number of nitrogens with one attached hydrogen (secondary N) is 2. The summed E-state index contributed by atoms with van der Waals surface area (Å²) in [6.45, 7) is 8.83. The van der Waals surface area contributed by atoms with Gasteiger partial charge in [0, 0.05) is 28.7 Å². The van der Waals surface area contributed by atoms with Gasteiger partial charge in [0.25, 0.3) is 5.91 Å². The highest BCUT2D eigenvalue weighted by Gasteiger charge is 2.11. The number of aromatic nitrogens is 2. The molecule has 1 aromatic heterocycles. The van der Waals surface area contributed by atoms with Gasteiger partial charge >= 0.3 is 0 Å². The molecule has 0 fully saturated rings. The second-order valence-electron chi connectivity index (χ2n) is 7.58. The van der Waals surface area contributed by atoms with Gasteiger partial charge in [-0.05, 0) is 61.2 Å². The van der Waals surface area contributed by atoms with E-state index in [1.165, 1.54) is 6.33 Å². The van der Waals surface area contributed by atoms with Crippen LogP contribution in [0.25, 0.3) is 0 Å². The van der Waals surface area contributed by atoms with Crippen molar-refractivity contribution in [3.8, 4) is 5.75 Å². The molecule has 0 unspecified atom stereocenters. The van der Waals surface area contributed by atoms with Crippen LogP contribution in [-0.4, -0.2) is 22.5 Å². The zero-order valence-electron chi connectivity index (χ0n) is 17.9. The van der Waals surface area contributed by atoms with Gasteiger partial charge in [-0.25, -0.2) is 9.97 Å². The van der Waals surface area contributed by atoms with Crippen LogP contribution < -0.4 is 15.4 Å². The first-order valence-electron chi connectivity index (χ1n) is 10.2. The molecule has 1 amide bonds. The summed E-state index contributed by atoms with van der Waals surface area (Å²) in [5, 5.41) is 6.29. The Kier molecular flexibility index (Phi) is 7.01. The van der Waals surface area contributed by atoms with E-state index in [1.807, 2.05) is 43.3 Å². The quantitative estimate of drug-likeness (QED) is 0.527. The van der Waals surface area contributed by atoms with Crippen LogP contribution in [0.15, 0.2) is 54.9 Å². The zero-order chi connectivity index (χ0) is 21.5. The number of amides is 1. The van der Waals surface area contributed by atoms with E-state index < -0.39 is 0 Å². The van der Waals surface area contributed by atoms with E-state index in [1.54, 1.807) is 12.1 Å². The summed E-state index contributed by atoms with van der Waals surface area (Å²) >= 11 is 0. The minimum absolute atomic E-state index is 0.157. The van der Waals surface area contributed by atoms with Crippen molar-refractivity contribution in [3.05, 3.63) is 71.7 Å². The average molecular weight is 405 g/mol. The number of hydrogen-bond acceptors (Lipinski definition) is 5. The predicted molar refractivity (Wildman–Crippen MR) is 121 cm³/mol. The molecule has 0 aliphatic carbocycles. The fourth-order valence-corrected chi connectivity index (χ4v) is 2.91. The molecular weight excluding hydrogens is 376 g/mol. The monoisotopic (exact) mass is 404 g/mol. The number of ether oxygens (including phenoxy) is 1. The van der Waals surface area contributed by atoms with Crippen molar-refractivity contribution in [2.75, 3.05) is 17.2 Å². The number of carbonyl (C=O) groups excluding carboxylic acids is 1. The molecule has 0 radical (unpaired) electrons. The van der Waals surface area contributed by atoms with Gasteiger partial charge in [-0.1, -0.05) is 26.8 Å². The summed E-state index contributed by atoms with van der Waals surface area (Å²) in [5.41, 5.74) is 4.15. The molecule has 0 aliphatic heterocycles. The number of aryl methyl sites for hydroxylation is 2. The average Bonchev–Trinajstić information content (AvgIpc) is 2.73. The summed E-state index contributed by atoms with van der Waals surface area (Å²) in [6, 6.07) is 15.0. The minimum atomic E-state index is -0.157. The molecule has 0 saturated heterocycles. The molecule has 0 atom stereocenters. The van der Waals surface area contributed by atoms with Gasteiger partial charge in [-0.3, -0.25) is 4.79 Å². The van der Waals surface area contributed by atoms with Gasteiger partial charge in [0.05, 0.1) is 6.61 Å². The Labute approximate surface area is 177 Å². The molecule has 2 aromatic carbocycles. The Balaban J connectivity index is 1.73. The summed E-state index contributed by atoms with van der Waals surface area (Å²) < 4.78 is 5.69.